The van der Waals surface area contributed by atoms with Crippen molar-refractivity contribution in [3.05, 3.63) is 60.2 Å². The largest absolute Gasteiger partial charge is 0.497 e. The van der Waals surface area contributed by atoms with E-state index >= 15 is 0 Å². The van der Waals surface area contributed by atoms with Crippen LogP contribution < -0.4 is 9.26 Å². The van der Waals surface area contributed by atoms with Crippen LogP contribution in [0.2, 0.25) is 0 Å². The van der Waals surface area contributed by atoms with E-state index in [4.69, 9.17) is 13.8 Å². The minimum absolute atomic E-state index is 0.561. The second-order valence-electron chi connectivity index (χ2n) is 4.04. The van der Waals surface area contributed by atoms with Crippen molar-refractivity contribution >= 4 is 8.38 Å². The fraction of sp³-hybridized carbons (Fsp3) is 0.176. The molecule has 2 rings (SSSR count). The third kappa shape index (κ3) is 5.11. The van der Waals surface area contributed by atoms with Crippen molar-refractivity contribution in [2.75, 3.05) is 13.7 Å². The van der Waals surface area contributed by atoms with Gasteiger partial charge < -0.3 is 13.8 Å². The number of benzene rings is 2. The molecule has 0 spiro atoms. The second-order valence-corrected chi connectivity index (χ2v) is 5.22. The monoisotopic (exact) mass is 300 g/mol. The van der Waals surface area contributed by atoms with Crippen LogP contribution in [0.1, 0.15) is 12.5 Å². The maximum absolute atomic E-state index is 5.79. The zero-order chi connectivity index (χ0) is 14.9. The number of rotatable bonds is 5. The highest BCUT2D eigenvalue weighted by Gasteiger charge is 2.08. The Morgan fingerprint density at radius 3 is 2.24 bits per heavy atom. The fourth-order valence-electron chi connectivity index (χ4n) is 1.56. The number of ether oxygens (including phenoxy) is 1. The predicted molar refractivity (Wildman–Crippen MR) is 85.5 cm³/mol. The van der Waals surface area contributed by atoms with E-state index < -0.39 is 8.38 Å². The van der Waals surface area contributed by atoms with Gasteiger partial charge in [-0.25, -0.2) is 0 Å². The predicted octanol–water partition coefficient (Wildman–Crippen LogP) is 4.43. The summed E-state index contributed by atoms with van der Waals surface area (Å²) in [6.07, 6.45) is 0. The molecule has 1 unspecified atom stereocenters. The van der Waals surface area contributed by atoms with Gasteiger partial charge in [0.25, 0.3) is 0 Å². The van der Waals surface area contributed by atoms with E-state index in [0.717, 1.165) is 17.1 Å². The third-order valence-electron chi connectivity index (χ3n) is 2.56. The lowest BCUT2D eigenvalue weighted by Crippen LogP contribution is -1.91. The molecule has 108 valence electrons. The first-order valence-electron chi connectivity index (χ1n) is 6.63. The van der Waals surface area contributed by atoms with Gasteiger partial charge in [-0.2, -0.15) is 0 Å². The molecule has 3 nitrogen and oxygen atoms in total. The molecule has 0 aromatic heterocycles. The summed E-state index contributed by atoms with van der Waals surface area (Å²) in [6, 6.07) is 17.2. The van der Waals surface area contributed by atoms with Crippen LogP contribution in [0.25, 0.3) is 0 Å². The zero-order valence-corrected chi connectivity index (χ0v) is 13.0. The molecule has 0 saturated carbocycles. The average Bonchev–Trinajstić information content (AvgIpc) is 2.54. The first-order chi connectivity index (χ1) is 10.3. The van der Waals surface area contributed by atoms with Gasteiger partial charge in [-0.1, -0.05) is 24.1 Å². The Bertz CT molecular complexity index is 599. The lowest BCUT2D eigenvalue weighted by Gasteiger charge is -2.11. The first kappa shape index (κ1) is 15.4. The van der Waals surface area contributed by atoms with Crippen LogP contribution in [0, 0.1) is 11.6 Å². The summed E-state index contributed by atoms with van der Waals surface area (Å²) in [4.78, 5) is 0. The molecule has 0 aliphatic heterocycles. The molecule has 0 aliphatic carbocycles. The fourth-order valence-corrected chi connectivity index (χ4v) is 2.49. The highest BCUT2D eigenvalue weighted by Crippen LogP contribution is 2.38. The van der Waals surface area contributed by atoms with Crippen molar-refractivity contribution in [2.45, 2.75) is 6.92 Å². The molecule has 0 N–H and O–H groups in total. The Labute approximate surface area is 126 Å². The summed E-state index contributed by atoms with van der Waals surface area (Å²) < 4.78 is 16.5. The van der Waals surface area contributed by atoms with E-state index in [-0.39, 0.29) is 0 Å². The van der Waals surface area contributed by atoms with Gasteiger partial charge in [0, 0.05) is 11.2 Å². The molecular formula is C17H17O3P. The van der Waals surface area contributed by atoms with E-state index in [1.54, 1.807) is 7.11 Å². The number of hydrogen-bond donors (Lipinski definition) is 0. The summed E-state index contributed by atoms with van der Waals surface area (Å²) in [5.41, 5.74) is 4.00. The Morgan fingerprint density at radius 1 is 0.952 bits per heavy atom. The molecule has 4 heteroatoms. The zero-order valence-electron chi connectivity index (χ0n) is 12.1. The van der Waals surface area contributed by atoms with Gasteiger partial charge >= 0.3 is 8.38 Å². The Morgan fingerprint density at radius 2 is 1.62 bits per heavy atom. The molecule has 0 radical (unpaired) electrons. The van der Waals surface area contributed by atoms with Gasteiger partial charge in [0.1, 0.15) is 11.5 Å². The highest BCUT2D eigenvalue weighted by atomic mass is 31.2. The van der Waals surface area contributed by atoms with Crippen molar-refractivity contribution in [3.63, 3.8) is 0 Å². The van der Waals surface area contributed by atoms with Crippen LogP contribution in [0.15, 0.2) is 54.6 Å². The number of hydrogen-bond acceptors (Lipinski definition) is 3. The molecule has 0 amide bonds. The van der Waals surface area contributed by atoms with Gasteiger partial charge in [-0.3, -0.25) is 0 Å². The smallest absolute Gasteiger partial charge is 0.317 e. The van der Waals surface area contributed by atoms with Crippen molar-refractivity contribution in [3.8, 4) is 23.1 Å². The highest BCUT2D eigenvalue weighted by molar-refractivity contribution is 7.53. The SMILES string of the molecule is CCOP(C#Cc1ccccc1)Oc1ccc(OC)cc1. The summed E-state index contributed by atoms with van der Waals surface area (Å²) in [6.45, 7) is 2.49. The molecule has 0 fully saturated rings. The molecule has 0 heterocycles. The Kier molecular flexibility index (Phi) is 6.09. The Hall–Kier alpha value is -2.01. The average molecular weight is 300 g/mol. The van der Waals surface area contributed by atoms with E-state index in [2.05, 4.69) is 11.6 Å². The minimum atomic E-state index is -1.28. The van der Waals surface area contributed by atoms with E-state index in [1.807, 2.05) is 61.5 Å². The maximum Gasteiger partial charge on any atom is 0.317 e. The summed E-state index contributed by atoms with van der Waals surface area (Å²) >= 11 is 0. The maximum atomic E-state index is 5.79. The lowest BCUT2D eigenvalue weighted by atomic mass is 10.2. The molecule has 0 saturated heterocycles. The normalized spacial score (nSPS) is 11.1. The van der Waals surface area contributed by atoms with Crippen molar-refractivity contribution in [2.24, 2.45) is 0 Å². The van der Waals surface area contributed by atoms with Crippen LogP contribution in [0.4, 0.5) is 0 Å². The van der Waals surface area contributed by atoms with E-state index in [1.165, 1.54) is 0 Å². The van der Waals surface area contributed by atoms with Crippen LogP contribution >= 0.6 is 8.38 Å². The van der Waals surface area contributed by atoms with Crippen LogP contribution in [-0.2, 0) is 4.52 Å². The molecule has 21 heavy (non-hydrogen) atoms. The van der Waals surface area contributed by atoms with E-state index in [9.17, 15) is 0 Å². The second kappa shape index (κ2) is 8.32. The van der Waals surface area contributed by atoms with Crippen LogP contribution in [0.3, 0.4) is 0 Å². The van der Waals surface area contributed by atoms with E-state index in [0.29, 0.717) is 6.61 Å². The van der Waals surface area contributed by atoms with Crippen LogP contribution in [0.5, 0.6) is 11.5 Å². The van der Waals surface area contributed by atoms with Gasteiger partial charge in [-0.05, 0) is 43.3 Å². The summed E-state index contributed by atoms with van der Waals surface area (Å²) in [7, 11) is 0.357. The van der Waals surface area contributed by atoms with Gasteiger partial charge in [-0.15, -0.1) is 0 Å². The quantitative estimate of drug-likeness (QED) is 0.604. The molecular weight excluding hydrogens is 283 g/mol. The summed E-state index contributed by atoms with van der Waals surface area (Å²) in [5, 5.41) is 0. The van der Waals surface area contributed by atoms with Gasteiger partial charge in [0.05, 0.1) is 13.7 Å². The molecule has 2 aromatic carbocycles. The molecule has 2 aromatic rings. The van der Waals surface area contributed by atoms with Gasteiger partial charge in [0.2, 0.25) is 0 Å². The third-order valence-corrected chi connectivity index (χ3v) is 3.72. The molecule has 1 atom stereocenters. The van der Waals surface area contributed by atoms with Crippen LogP contribution in [-0.4, -0.2) is 13.7 Å². The Balaban J connectivity index is 2.06. The lowest BCUT2D eigenvalue weighted by molar-refractivity contribution is 0.342. The summed E-state index contributed by atoms with van der Waals surface area (Å²) in [5.74, 6) is 4.59. The molecule has 0 bridgehead atoms. The van der Waals surface area contributed by atoms with Crippen molar-refractivity contribution in [1.29, 1.82) is 0 Å². The topological polar surface area (TPSA) is 27.7 Å². The van der Waals surface area contributed by atoms with Crippen molar-refractivity contribution in [1.82, 2.24) is 0 Å². The first-order valence-corrected chi connectivity index (χ1v) is 7.81. The van der Waals surface area contributed by atoms with Crippen molar-refractivity contribution < 1.29 is 13.8 Å². The standard InChI is InChI=1S/C17H17O3P/c1-3-19-21(14-13-15-7-5-4-6-8-15)20-17-11-9-16(18-2)10-12-17/h4-12H,3H2,1-2H3. The molecule has 0 aliphatic rings. The minimum Gasteiger partial charge on any atom is -0.497 e. The number of methoxy groups -OCH3 is 1. The van der Waals surface area contributed by atoms with Gasteiger partial charge in [0.15, 0.2) is 0 Å².